The third-order valence-corrected chi connectivity index (χ3v) is 5.16. The first kappa shape index (κ1) is 10.2. The minimum Gasteiger partial charge on any atom is -0.360 e. The van der Waals surface area contributed by atoms with Crippen LogP contribution in [0.1, 0.15) is 0 Å². The molecule has 3 heterocycles. The molecule has 0 saturated carbocycles. The Morgan fingerprint density at radius 3 is 3.06 bits per heavy atom. The molecule has 3 rings (SSSR count). The van der Waals surface area contributed by atoms with E-state index >= 15 is 0 Å². The molecule has 0 aromatic carbocycles. The third-order valence-electron chi connectivity index (χ3n) is 3.28. The van der Waals surface area contributed by atoms with E-state index in [1.165, 1.54) is 18.7 Å². The van der Waals surface area contributed by atoms with Crippen LogP contribution in [-0.4, -0.2) is 42.5 Å². The van der Waals surface area contributed by atoms with Crippen LogP contribution in [0.2, 0.25) is 0 Å². The Labute approximate surface area is 93.7 Å². The van der Waals surface area contributed by atoms with Crippen LogP contribution in [0, 0.1) is 11.8 Å². The summed E-state index contributed by atoms with van der Waals surface area (Å²) in [5.41, 5.74) is -0.735. The molecule has 16 heavy (non-hydrogen) atoms. The van der Waals surface area contributed by atoms with Crippen molar-refractivity contribution in [3.8, 4) is 0 Å². The quantitative estimate of drug-likeness (QED) is 0.740. The minimum absolute atomic E-state index is 0.0624. The molecule has 88 valence electrons. The summed E-state index contributed by atoms with van der Waals surface area (Å²) < 4.78 is 31.0. The van der Waals surface area contributed by atoms with Gasteiger partial charge in [0, 0.05) is 37.3 Å². The van der Waals surface area contributed by atoms with Crippen molar-refractivity contribution in [1.29, 1.82) is 0 Å². The molecule has 1 aromatic rings. The van der Waals surface area contributed by atoms with Gasteiger partial charge in [-0.2, -0.15) is 0 Å². The van der Waals surface area contributed by atoms with Crippen molar-refractivity contribution in [3.05, 3.63) is 18.7 Å². The van der Waals surface area contributed by atoms with Crippen molar-refractivity contribution in [2.45, 2.75) is 5.44 Å². The van der Waals surface area contributed by atoms with Gasteiger partial charge in [-0.3, -0.25) is 0 Å². The van der Waals surface area contributed by atoms with Crippen LogP contribution in [0.25, 0.3) is 0 Å². The smallest absolute Gasteiger partial charge is 0.267 e. The Bertz CT molecular complexity index is 470. The van der Waals surface area contributed by atoms with E-state index in [0.29, 0.717) is 19.1 Å². The molecule has 2 aliphatic heterocycles. The zero-order valence-electron chi connectivity index (χ0n) is 8.61. The molecule has 0 radical (unpaired) electrons. The zero-order chi connectivity index (χ0) is 11.2. The van der Waals surface area contributed by atoms with Crippen LogP contribution in [-0.2, 0) is 14.8 Å². The SMILES string of the molecule is O=S(=O)(C1OCC2CNCC21)n1ccnc1. The molecule has 7 heteroatoms. The molecular weight excluding hydrogens is 230 g/mol. The highest BCUT2D eigenvalue weighted by Gasteiger charge is 2.47. The van der Waals surface area contributed by atoms with E-state index in [9.17, 15) is 8.42 Å². The van der Waals surface area contributed by atoms with Gasteiger partial charge >= 0.3 is 0 Å². The maximum Gasteiger partial charge on any atom is 0.267 e. The van der Waals surface area contributed by atoms with E-state index in [4.69, 9.17) is 4.74 Å². The number of rotatable bonds is 2. The lowest BCUT2D eigenvalue weighted by molar-refractivity contribution is 0.142. The number of hydrogen-bond donors (Lipinski definition) is 1. The predicted molar refractivity (Wildman–Crippen MR) is 56.1 cm³/mol. The fraction of sp³-hybridized carbons (Fsp3) is 0.667. The Morgan fingerprint density at radius 1 is 1.44 bits per heavy atom. The van der Waals surface area contributed by atoms with Gasteiger partial charge < -0.3 is 10.1 Å². The average Bonchev–Trinajstić information content (AvgIpc) is 2.95. The summed E-state index contributed by atoms with van der Waals surface area (Å²) in [7, 11) is -3.46. The number of ether oxygens (including phenoxy) is 1. The monoisotopic (exact) mass is 243 g/mol. The third kappa shape index (κ3) is 1.39. The normalized spacial score (nSPS) is 34.1. The summed E-state index contributed by atoms with van der Waals surface area (Å²) in [4.78, 5) is 3.76. The summed E-state index contributed by atoms with van der Waals surface area (Å²) in [6, 6.07) is 0. The molecule has 2 saturated heterocycles. The van der Waals surface area contributed by atoms with Crippen LogP contribution in [0.5, 0.6) is 0 Å². The van der Waals surface area contributed by atoms with Crippen LogP contribution in [0.15, 0.2) is 18.7 Å². The van der Waals surface area contributed by atoms with Crippen molar-refractivity contribution >= 4 is 10.0 Å². The lowest BCUT2D eigenvalue weighted by atomic mass is 10.0. The van der Waals surface area contributed by atoms with Crippen LogP contribution in [0.4, 0.5) is 0 Å². The van der Waals surface area contributed by atoms with Gasteiger partial charge in [0.2, 0.25) is 0 Å². The lowest BCUT2D eigenvalue weighted by Gasteiger charge is -2.17. The molecule has 0 aliphatic carbocycles. The van der Waals surface area contributed by atoms with Gasteiger partial charge in [-0.15, -0.1) is 0 Å². The van der Waals surface area contributed by atoms with Gasteiger partial charge in [-0.1, -0.05) is 0 Å². The maximum absolute atomic E-state index is 12.2. The van der Waals surface area contributed by atoms with Crippen molar-refractivity contribution in [1.82, 2.24) is 14.3 Å². The Hall–Kier alpha value is -0.920. The highest BCUT2D eigenvalue weighted by Crippen LogP contribution is 2.33. The number of aromatic nitrogens is 2. The molecule has 6 nitrogen and oxygen atoms in total. The highest BCUT2D eigenvalue weighted by atomic mass is 32.2. The first-order chi connectivity index (χ1) is 7.69. The van der Waals surface area contributed by atoms with Gasteiger partial charge in [-0.25, -0.2) is 17.4 Å². The van der Waals surface area contributed by atoms with E-state index in [-0.39, 0.29) is 5.92 Å². The van der Waals surface area contributed by atoms with E-state index in [1.807, 2.05) is 0 Å². The van der Waals surface area contributed by atoms with Crippen LogP contribution < -0.4 is 5.32 Å². The number of nitrogens with one attached hydrogen (secondary N) is 1. The second-order valence-corrected chi connectivity index (χ2v) is 6.14. The first-order valence-corrected chi connectivity index (χ1v) is 6.74. The molecule has 3 atom stereocenters. The van der Waals surface area contributed by atoms with Gasteiger partial charge in [-0.05, 0) is 0 Å². The molecular formula is C9H13N3O3S. The molecule has 2 aliphatic rings. The summed E-state index contributed by atoms with van der Waals surface area (Å²) in [6.07, 6.45) is 4.19. The van der Waals surface area contributed by atoms with E-state index < -0.39 is 15.5 Å². The van der Waals surface area contributed by atoms with Crippen LogP contribution >= 0.6 is 0 Å². The Kier molecular flexibility index (Phi) is 2.27. The molecule has 0 spiro atoms. The summed E-state index contributed by atoms with van der Waals surface area (Å²) in [5.74, 6) is 0.385. The highest BCUT2D eigenvalue weighted by molar-refractivity contribution is 7.90. The van der Waals surface area contributed by atoms with E-state index in [0.717, 1.165) is 10.5 Å². The molecule has 3 unspecified atom stereocenters. The van der Waals surface area contributed by atoms with Gasteiger partial charge in [0.15, 0.2) is 5.44 Å². The summed E-state index contributed by atoms with van der Waals surface area (Å²) in [6.45, 7) is 2.08. The second-order valence-electron chi connectivity index (χ2n) is 4.22. The van der Waals surface area contributed by atoms with Crippen molar-refractivity contribution in [2.75, 3.05) is 19.7 Å². The molecule has 0 amide bonds. The van der Waals surface area contributed by atoms with Gasteiger partial charge in [0.05, 0.1) is 6.61 Å². The van der Waals surface area contributed by atoms with Crippen LogP contribution in [0.3, 0.4) is 0 Å². The number of hydrogen-bond acceptors (Lipinski definition) is 5. The van der Waals surface area contributed by atoms with E-state index in [1.54, 1.807) is 0 Å². The van der Waals surface area contributed by atoms with Gasteiger partial charge in [0.25, 0.3) is 10.0 Å². The first-order valence-electron chi connectivity index (χ1n) is 5.24. The molecule has 1 aromatic heterocycles. The fourth-order valence-corrected chi connectivity index (χ4v) is 4.08. The minimum atomic E-state index is -3.46. The topological polar surface area (TPSA) is 73.2 Å². The Balaban J connectivity index is 1.93. The standard InChI is InChI=1S/C9H13N3O3S/c13-16(14,12-2-1-10-6-12)9-8-4-11-3-7(8)5-15-9/h1-2,6-9,11H,3-5H2. The fourth-order valence-electron chi connectivity index (χ4n) is 2.42. The zero-order valence-corrected chi connectivity index (χ0v) is 9.43. The number of imidazole rings is 1. The number of fused-ring (bicyclic) bond motifs is 1. The molecule has 2 fully saturated rings. The largest absolute Gasteiger partial charge is 0.360 e. The van der Waals surface area contributed by atoms with E-state index in [2.05, 4.69) is 10.3 Å². The summed E-state index contributed by atoms with van der Waals surface area (Å²) >= 11 is 0. The Morgan fingerprint density at radius 2 is 2.31 bits per heavy atom. The summed E-state index contributed by atoms with van der Waals surface area (Å²) in [5, 5.41) is 3.20. The predicted octanol–water partition coefficient (Wildman–Crippen LogP) is -0.747. The van der Waals surface area contributed by atoms with Gasteiger partial charge in [0.1, 0.15) is 6.33 Å². The maximum atomic E-state index is 12.2. The van der Waals surface area contributed by atoms with Crippen molar-refractivity contribution < 1.29 is 13.2 Å². The average molecular weight is 243 g/mol. The lowest BCUT2D eigenvalue weighted by Crippen LogP contribution is -2.34. The number of nitrogens with zero attached hydrogens (tertiary/aromatic N) is 2. The second kappa shape index (κ2) is 3.54. The molecule has 1 N–H and O–H groups in total. The van der Waals surface area contributed by atoms with Crippen molar-refractivity contribution in [2.24, 2.45) is 11.8 Å². The van der Waals surface area contributed by atoms with Crippen molar-refractivity contribution in [3.63, 3.8) is 0 Å². The molecule has 0 bridgehead atoms.